The second-order valence-corrected chi connectivity index (χ2v) is 15.1. The summed E-state index contributed by atoms with van der Waals surface area (Å²) in [5.74, 6) is 0.966. The molecule has 0 saturated carbocycles. The van der Waals surface area contributed by atoms with Crippen LogP contribution in [0.5, 0.6) is 0 Å². The third kappa shape index (κ3) is 12.0. The van der Waals surface area contributed by atoms with E-state index < -0.39 is 58.7 Å². The highest BCUT2D eigenvalue weighted by molar-refractivity contribution is 5.94. The molecule has 0 aliphatic rings. The monoisotopic (exact) mass is 661 g/mol. The number of esters is 1. The number of hydrogen-bond acceptors (Lipinski definition) is 6. The van der Waals surface area contributed by atoms with Crippen LogP contribution in [0.3, 0.4) is 0 Å². The smallest absolute Gasteiger partial charge is 0.408 e. The van der Waals surface area contributed by atoms with Crippen molar-refractivity contribution in [3.8, 4) is 12.3 Å². The standard InChI is InChI=1S/C39H55N3O6/c1-13-28-22-18-19-23-29(28)32(33(43)40-31(35(45)47-37(5,6)7)25-27-20-16-15-17-21-27)42(39(11,12)14-2)34(44)30(24-26(3)4)41-36(46)48-38(8,9)10/h1,15-23,26,30-32H,14,24-25H2,2-12H3,(H,40,43)(H,41,46). The van der Waals surface area contributed by atoms with Crippen molar-refractivity contribution < 1.29 is 28.7 Å². The van der Waals surface area contributed by atoms with Crippen LogP contribution in [-0.2, 0) is 30.3 Å². The Bertz CT molecular complexity index is 1450. The summed E-state index contributed by atoms with van der Waals surface area (Å²) in [4.78, 5) is 57.7. The number of amides is 3. The van der Waals surface area contributed by atoms with E-state index in [0.29, 0.717) is 17.5 Å². The van der Waals surface area contributed by atoms with Crippen molar-refractivity contribution in [2.75, 3.05) is 0 Å². The van der Waals surface area contributed by atoms with Crippen LogP contribution in [0.4, 0.5) is 4.79 Å². The first-order valence-corrected chi connectivity index (χ1v) is 16.6. The quantitative estimate of drug-likeness (QED) is 0.182. The summed E-state index contributed by atoms with van der Waals surface area (Å²) < 4.78 is 11.3. The highest BCUT2D eigenvalue weighted by atomic mass is 16.6. The lowest BCUT2D eigenvalue weighted by Gasteiger charge is -2.45. The zero-order valence-corrected chi connectivity index (χ0v) is 30.6. The maximum atomic E-state index is 14.8. The number of benzene rings is 2. The zero-order valence-electron chi connectivity index (χ0n) is 30.6. The summed E-state index contributed by atoms with van der Waals surface area (Å²) in [7, 11) is 0. The van der Waals surface area contributed by atoms with Crippen LogP contribution >= 0.6 is 0 Å². The number of terminal acetylenes is 1. The molecule has 3 amide bonds. The highest BCUT2D eigenvalue weighted by Crippen LogP contribution is 2.34. The number of hydrogen-bond donors (Lipinski definition) is 2. The number of rotatable bonds is 13. The van der Waals surface area contributed by atoms with Gasteiger partial charge in [-0.2, -0.15) is 0 Å². The van der Waals surface area contributed by atoms with Gasteiger partial charge in [0.2, 0.25) is 11.8 Å². The van der Waals surface area contributed by atoms with Gasteiger partial charge in [0.05, 0.1) is 0 Å². The number of carbonyl (C=O) groups excluding carboxylic acids is 4. The van der Waals surface area contributed by atoms with Crippen LogP contribution < -0.4 is 10.6 Å². The van der Waals surface area contributed by atoms with Gasteiger partial charge < -0.3 is 25.0 Å². The van der Waals surface area contributed by atoms with Crippen LogP contribution in [-0.4, -0.2) is 57.6 Å². The summed E-state index contributed by atoms with van der Waals surface area (Å²) in [6.07, 6.45) is 6.11. The van der Waals surface area contributed by atoms with Gasteiger partial charge in [0.1, 0.15) is 29.3 Å². The molecule has 0 saturated heterocycles. The second kappa shape index (κ2) is 16.7. The van der Waals surface area contributed by atoms with Gasteiger partial charge >= 0.3 is 12.1 Å². The van der Waals surface area contributed by atoms with Crippen LogP contribution in [0.25, 0.3) is 0 Å². The molecule has 48 heavy (non-hydrogen) atoms. The van der Waals surface area contributed by atoms with Crippen LogP contribution in [0.15, 0.2) is 54.6 Å². The molecular weight excluding hydrogens is 606 g/mol. The van der Waals surface area contributed by atoms with E-state index in [1.165, 1.54) is 4.90 Å². The lowest BCUT2D eigenvalue weighted by Crippen LogP contribution is -2.60. The van der Waals surface area contributed by atoms with E-state index in [1.807, 2.05) is 65.0 Å². The molecule has 2 aromatic carbocycles. The lowest BCUT2D eigenvalue weighted by atomic mass is 9.89. The minimum Gasteiger partial charge on any atom is -0.458 e. The van der Waals surface area contributed by atoms with Crippen LogP contribution in [0, 0.1) is 18.3 Å². The summed E-state index contributed by atoms with van der Waals surface area (Å²) in [5, 5.41) is 5.71. The summed E-state index contributed by atoms with van der Waals surface area (Å²) in [6, 6.07) is 12.9. The lowest BCUT2D eigenvalue weighted by molar-refractivity contribution is -0.159. The van der Waals surface area contributed by atoms with E-state index in [-0.39, 0.29) is 18.8 Å². The number of alkyl carbamates (subject to hydrolysis) is 1. The molecule has 9 heteroatoms. The fourth-order valence-corrected chi connectivity index (χ4v) is 5.19. The molecule has 0 heterocycles. The Labute approximate surface area is 287 Å². The van der Waals surface area contributed by atoms with Crippen molar-refractivity contribution in [3.05, 3.63) is 71.3 Å². The maximum absolute atomic E-state index is 14.8. The molecule has 0 bridgehead atoms. The molecule has 0 aliphatic heterocycles. The first-order valence-electron chi connectivity index (χ1n) is 16.6. The largest absolute Gasteiger partial charge is 0.458 e. The number of ether oxygens (including phenoxy) is 2. The third-order valence-corrected chi connectivity index (χ3v) is 7.66. The van der Waals surface area contributed by atoms with Crippen molar-refractivity contribution in [1.29, 1.82) is 0 Å². The van der Waals surface area contributed by atoms with Gasteiger partial charge in [-0.1, -0.05) is 75.2 Å². The Morgan fingerprint density at radius 2 is 1.38 bits per heavy atom. The van der Waals surface area contributed by atoms with E-state index in [4.69, 9.17) is 15.9 Å². The molecule has 262 valence electrons. The normalized spacial score (nSPS) is 13.8. The maximum Gasteiger partial charge on any atom is 0.408 e. The first-order chi connectivity index (χ1) is 22.2. The van der Waals surface area contributed by atoms with E-state index >= 15 is 0 Å². The van der Waals surface area contributed by atoms with Gasteiger partial charge in [0.15, 0.2) is 0 Å². The molecule has 0 aromatic heterocycles. The average Bonchev–Trinajstić information content (AvgIpc) is 2.97. The molecule has 3 atom stereocenters. The van der Waals surface area contributed by atoms with Gasteiger partial charge in [-0.15, -0.1) is 6.42 Å². The average molecular weight is 662 g/mol. The van der Waals surface area contributed by atoms with Crippen molar-refractivity contribution in [2.24, 2.45) is 5.92 Å². The molecule has 0 aliphatic carbocycles. The van der Waals surface area contributed by atoms with E-state index in [1.54, 1.807) is 65.8 Å². The topological polar surface area (TPSA) is 114 Å². The van der Waals surface area contributed by atoms with Gasteiger partial charge in [0.25, 0.3) is 0 Å². The highest BCUT2D eigenvalue weighted by Gasteiger charge is 2.45. The molecule has 3 unspecified atom stereocenters. The predicted molar refractivity (Wildman–Crippen MR) is 189 cm³/mol. The number of nitrogens with one attached hydrogen (secondary N) is 2. The molecule has 2 rings (SSSR count). The Morgan fingerprint density at radius 3 is 1.90 bits per heavy atom. The van der Waals surface area contributed by atoms with Crippen molar-refractivity contribution >= 4 is 23.9 Å². The van der Waals surface area contributed by atoms with Crippen LogP contribution in [0.1, 0.15) is 112 Å². The molecule has 0 radical (unpaired) electrons. The third-order valence-electron chi connectivity index (χ3n) is 7.66. The van der Waals surface area contributed by atoms with Gasteiger partial charge in [-0.25, -0.2) is 9.59 Å². The summed E-state index contributed by atoms with van der Waals surface area (Å²) in [6.45, 7) is 20.0. The Hall–Kier alpha value is -4.32. The molecule has 2 N–H and O–H groups in total. The van der Waals surface area contributed by atoms with Crippen molar-refractivity contribution in [3.63, 3.8) is 0 Å². The van der Waals surface area contributed by atoms with Gasteiger partial charge in [0, 0.05) is 17.5 Å². The Kier molecular flexibility index (Phi) is 13.8. The van der Waals surface area contributed by atoms with Crippen molar-refractivity contribution in [2.45, 2.75) is 130 Å². The van der Waals surface area contributed by atoms with E-state index in [2.05, 4.69) is 16.6 Å². The zero-order chi connectivity index (χ0) is 36.4. The molecule has 2 aromatic rings. The summed E-state index contributed by atoms with van der Waals surface area (Å²) in [5.41, 5.74) is -0.867. The molecule has 0 spiro atoms. The van der Waals surface area contributed by atoms with Gasteiger partial charge in [-0.3, -0.25) is 9.59 Å². The SMILES string of the molecule is C#Cc1ccccc1C(C(=O)NC(Cc1ccccc1)C(=O)OC(C)(C)C)N(C(=O)C(CC(C)C)NC(=O)OC(C)(C)C)C(C)(C)CC. The number of carbonyl (C=O) groups is 4. The number of nitrogens with zero attached hydrogens (tertiary/aromatic N) is 1. The van der Waals surface area contributed by atoms with E-state index in [9.17, 15) is 19.2 Å². The predicted octanol–water partition coefficient (Wildman–Crippen LogP) is 6.73. The molecule has 9 nitrogen and oxygen atoms in total. The Morgan fingerprint density at radius 1 is 0.812 bits per heavy atom. The van der Waals surface area contributed by atoms with Gasteiger partial charge in [-0.05, 0) is 91.3 Å². The fourth-order valence-electron chi connectivity index (χ4n) is 5.19. The van der Waals surface area contributed by atoms with Crippen LogP contribution in [0.2, 0.25) is 0 Å². The Balaban J connectivity index is 2.77. The molecular formula is C39H55N3O6. The first kappa shape index (κ1) is 39.9. The second-order valence-electron chi connectivity index (χ2n) is 15.1. The minimum atomic E-state index is -1.27. The van der Waals surface area contributed by atoms with E-state index in [0.717, 1.165) is 5.56 Å². The van der Waals surface area contributed by atoms with Crippen molar-refractivity contribution in [1.82, 2.24) is 15.5 Å². The minimum absolute atomic E-state index is 0.00756. The molecule has 0 fully saturated rings. The summed E-state index contributed by atoms with van der Waals surface area (Å²) >= 11 is 0. The fraction of sp³-hybridized carbons (Fsp3) is 0.538.